The lowest BCUT2D eigenvalue weighted by Gasteiger charge is -2.08. The molecule has 8 nitrogen and oxygen atoms in total. The van der Waals surface area contributed by atoms with Crippen molar-refractivity contribution in [3.8, 4) is 11.4 Å². The zero-order valence-corrected chi connectivity index (χ0v) is 14.6. The highest BCUT2D eigenvalue weighted by Crippen LogP contribution is 2.19. The van der Waals surface area contributed by atoms with E-state index in [4.69, 9.17) is 12.2 Å². The fourth-order valence-electron chi connectivity index (χ4n) is 2.43. The van der Waals surface area contributed by atoms with Gasteiger partial charge in [0.15, 0.2) is 10.6 Å². The maximum atomic E-state index is 12.4. The van der Waals surface area contributed by atoms with Crippen molar-refractivity contribution in [2.24, 2.45) is 0 Å². The number of rotatable bonds is 5. The summed E-state index contributed by atoms with van der Waals surface area (Å²) < 4.78 is 1.89. The number of hydrogen-bond donors (Lipinski definition) is 2. The highest BCUT2D eigenvalue weighted by Gasteiger charge is 2.13. The molecule has 0 saturated heterocycles. The molecule has 0 spiro atoms. The number of anilines is 1. The first-order valence-corrected chi connectivity index (χ1v) is 8.11. The maximum absolute atomic E-state index is 12.4. The molecule has 0 bridgehead atoms. The minimum Gasteiger partial charge on any atom is -0.324 e. The largest absolute Gasteiger partial charge is 0.324 e. The molecular weight excluding hydrogens is 354 g/mol. The van der Waals surface area contributed by atoms with Crippen LogP contribution in [-0.4, -0.2) is 25.6 Å². The minimum atomic E-state index is -0.517. The van der Waals surface area contributed by atoms with E-state index in [9.17, 15) is 14.9 Å². The number of aromatic amines is 1. The van der Waals surface area contributed by atoms with Gasteiger partial charge in [0, 0.05) is 23.4 Å². The Balaban J connectivity index is 1.81. The van der Waals surface area contributed by atoms with Gasteiger partial charge in [0.2, 0.25) is 5.91 Å². The second-order valence-electron chi connectivity index (χ2n) is 5.66. The summed E-state index contributed by atoms with van der Waals surface area (Å²) in [4.78, 5) is 22.7. The van der Waals surface area contributed by atoms with E-state index in [2.05, 4.69) is 15.5 Å². The van der Waals surface area contributed by atoms with Gasteiger partial charge in [0.1, 0.15) is 6.54 Å². The molecule has 1 aromatic heterocycles. The second kappa shape index (κ2) is 7.28. The van der Waals surface area contributed by atoms with Crippen molar-refractivity contribution in [2.75, 3.05) is 5.32 Å². The first-order valence-electron chi connectivity index (χ1n) is 7.70. The zero-order chi connectivity index (χ0) is 18.7. The Labute approximate surface area is 153 Å². The smallest absolute Gasteiger partial charge is 0.271 e. The van der Waals surface area contributed by atoms with E-state index in [0.717, 1.165) is 11.1 Å². The summed E-state index contributed by atoms with van der Waals surface area (Å²) in [6, 6.07) is 13.4. The number of non-ortho nitro benzene ring substituents is 1. The van der Waals surface area contributed by atoms with Crippen molar-refractivity contribution in [3.05, 3.63) is 69.0 Å². The number of aryl methyl sites for hydroxylation is 1. The zero-order valence-electron chi connectivity index (χ0n) is 13.8. The quantitative estimate of drug-likeness (QED) is 0.407. The summed E-state index contributed by atoms with van der Waals surface area (Å²) in [6.07, 6.45) is 0. The molecule has 0 aliphatic rings. The van der Waals surface area contributed by atoms with E-state index in [-0.39, 0.29) is 18.1 Å². The SMILES string of the molecule is Cc1ccc(-c2n[nH]c(=S)n2CC(=O)Nc2cccc([N+](=O)[O-])c2)cc1. The number of nitrogens with one attached hydrogen (secondary N) is 2. The van der Waals surface area contributed by atoms with Gasteiger partial charge >= 0.3 is 0 Å². The van der Waals surface area contributed by atoms with Crippen LogP contribution in [0, 0.1) is 21.8 Å². The molecule has 1 amide bonds. The van der Waals surface area contributed by atoms with E-state index < -0.39 is 4.92 Å². The Kier molecular flexibility index (Phi) is 4.90. The predicted octanol–water partition coefficient (Wildman–Crippen LogP) is 3.46. The first kappa shape index (κ1) is 17.5. The molecule has 1 heterocycles. The Morgan fingerprint density at radius 3 is 2.73 bits per heavy atom. The number of nitrogens with zero attached hydrogens (tertiary/aromatic N) is 3. The van der Waals surface area contributed by atoms with E-state index >= 15 is 0 Å². The van der Waals surface area contributed by atoms with Crippen molar-refractivity contribution in [1.82, 2.24) is 14.8 Å². The summed E-state index contributed by atoms with van der Waals surface area (Å²) in [5.74, 6) is 0.181. The van der Waals surface area contributed by atoms with Gasteiger partial charge in [0.25, 0.3) is 5.69 Å². The number of amides is 1. The van der Waals surface area contributed by atoms with Crippen molar-refractivity contribution < 1.29 is 9.72 Å². The summed E-state index contributed by atoms with van der Waals surface area (Å²) >= 11 is 5.21. The number of hydrogen-bond acceptors (Lipinski definition) is 5. The van der Waals surface area contributed by atoms with Crippen LogP contribution >= 0.6 is 12.2 Å². The highest BCUT2D eigenvalue weighted by molar-refractivity contribution is 7.71. The third-order valence-corrected chi connectivity index (χ3v) is 4.02. The molecule has 0 aliphatic heterocycles. The normalized spacial score (nSPS) is 10.5. The molecule has 2 N–H and O–H groups in total. The standard InChI is InChI=1S/C17H15N5O3S/c1-11-5-7-12(8-6-11)16-19-20-17(26)21(16)10-15(23)18-13-3-2-4-14(9-13)22(24)25/h2-9H,10H2,1H3,(H,18,23)(H,20,26). The van der Waals surface area contributed by atoms with Crippen molar-refractivity contribution in [3.63, 3.8) is 0 Å². The number of carbonyl (C=O) groups excluding carboxylic acids is 1. The molecule has 3 aromatic rings. The fourth-order valence-corrected chi connectivity index (χ4v) is 2.63. The lowest BCUT2D eigenvalue weighted by molar-refractivity contribution is -0.384. The van der Waals surface area contributed by atoms with Gasteiger partial charge in [-0.1, -0.05) is 35.9 Å². The van der Waals surface area contributed by atoms with Gasteiger partial charge in [0.05, 0.1) is 4.92 Å². The van der Waals surface area contributed by atoms with Gasteiger partial charge in [-0.15, -0.1) is 0 Å². The third kappa shape index (κ3) is 3.83. The number of nitro groups is 1. The minimum absolute atomic E-state index is 0.0682. The fraction of sp³-hybridized carbons (Fsp3) is 0.118. The van der Waals surface area contributed by atoms with Crippen LogP contribution in [0.5, 0.6) is 0 Å². The molecule has 0 unspecified atom stereocenters. The average Bonchev–Trinajstić information content (AvgIpc) is 2.96. The lowest BCUT2D eigenvalue weighted by atomic mass is 10.1. The summed E-state index contributed by atoms with van der Waals surface area (Å²) in [5, 5.41) is 20.3. The Hall–Kier alpha value is -3.33. The number of carbonyl (C=O) groups is 1. The van der Waals surface area contributed by atoms with Crippen LogP contribution < -0.4 is 5.32 Å². The molecule has 0 atom stereocenters. The lowest BCUT2D eigenvalue weighted by Crippen LogP contribution is -2.19. The number of nitro benzene ring substituents is 1. The number of aromatic nitrogens is 3. The second-order valence-corrected chi connectivity index (χ2v) is 6.05. The van der Waals surface area contributed by atoms with Crippen molar-refractivity contribution in [2.45, 2.75) is 13.5 Å². The van der Waals surface area contributed by atoms with Gasteiger partial charge < -0.3 is 5.32 Å². The highest BCUT2D eigenvalue weighted by atomic mass is 32.1. The van der Waals surface area contributed by atoms with E-state index in [1.54, 1.807) is 10.6 Å². The number of benzene rings is 2. The van der Waals surface area contributed by atoms with E-state index in [0.29, 0.717) is 16.3 Å². The summed E-state index contributed by atoms with van der Waals surface area (Å²) in [5.41, 5.74) is 2.18. The Bertz CT molecular complexity index is 1020. The molecule has 3 rings (SSSR count). The molecule has 2 aromatic carbocycles. The van der Waals surface area contributed by atoms with Gasteiger partial charge in [-0.3, -0.25) is 24.6 Å². The molecule has 0 radical (unpaired) electrons. The van der Waals surface area contributed by atoms with Gasteiger partial charge in [-0.25, -0.2) is 0 Å². The van der Waals surface area contributed by atoms with Crippen LogP contribution in [0.3, 0.4) is 0 Å². The van der Waals surface area contributed by atoms with Gasteiger partial charge in [-0.2, -0.15) is 5.10 Å². The Morgan fingerprint density at radius 1 is 1.31 bits per heavy atom. The summed E-state index contributed by atoms with van der Waals surface area (Å²) in [6.45, 7) is 1.91. The first-order chi connectivity index (χ1) is 12.4. The molecule has 132 valence electrons. The molecule has 0 aliphatic carbocycles. The monoisotopic (exact) mass is 369 g/mol. The molecule has 0 saturated carbocycles. The van der Waals surface area contributed by atoms with Crippen LogP contribution in [0.4, 0.5) is 11.4 Å². The van der Waals surface area contributed by atoms with Gasteiger partial charge in [-0.05, 0) is 25.2 Å². The van der Waals surface area contributed by atoms with Crippen LogP contribution in [0.2, 0.25) is 0 Å². The summed E-state index contributed by atoms with van der Waals surface area (Å²) in [7, 11) is 0. The van der Waals surface area contributed by atoms with Crippen LogP contribution in [0.1, 0.15) is 5.56 Å². The van der Waals surface area contributed by atoms with E-state index in [1.165, 1.54) is 18.2 Å². The van der Waals surface area contributed by atoms with Crippen LogP contribution in [-0.2, 0) is 11.3 Å². The molecular formula is C17H15N5O3S. The van der Waals surface area contributed by atoms with Crippen LogP contribution in [0.25, 0.3) is 11.4 Å². The van der Waals surface area contributed by atoms with Crippen molar-refractivity contribution in [1.29, 1.82) is 0 Å². The molecule has 9 heteroatoms. The van der Waals surface area contributed by atoms with Crippen molar-refractivity contribution >= 4 is 29.5 Å². The molecule has 26 heavy (non-hydrogen) atoms. The number of H-pyrrole nitrogens is 1. The van der Waals surface area contributed by atoms with Crippen LogP contribution in [0.15, 0.2) is 48.5 Å². The third-order valence-electron chi connectivity index (χ3n) is 3.71. The Morgan fingerprint density at radius 2 is 2.04 bits per heavy atom. The van der Waals surface area contributed by atoms with E-state index in [1.807, 2.05) is 31.2 Å². The predicted molar refractivity (Wildman–Crippen MR) is 99.3 cm³/mol. The average molecular weight is 369 g/mol. The topological polar surface area (TPSA) is 106 Å². The molecule has 0 fully saturated rings. The maximum Gasteiger partial charge on any atom is 0.271 e.